The van der Waals surface area contributed by atoms with Gasteiger partial charge in [-0.05, 0) is 42.4 Å². The summed E-state index contributed by atoms with van der Waals surface area (Å²) in [5, 5.41) is 6.05. The molecule has 0 aliphatic carbocycles. The number of carbonyl (C=O) groups excluding carboxylic acids is 2. The molecular formula is C22H31N5O2. The minimum Gasteiger partial charge on any atom is -0.364 e. The Balaban J connectivity index is 2.36. The lowest BCUT2D eigenvalue weighted by Gasteiger charge is -2.17. The van der Waals surface area contributed by atoms with Gasteiger partial charge in [-0.1, -0.05) is 39.8 Å². The van der Waals surface area contributed by atoms with Crippen molar-refractivity contribution in [3.8, 4) is 0 Å². The molecule has 4 N–H and O–H groups in total. The van der Waals surface area contributed by atoms with Gasteiger partial charge in [-0.2, -0.15) is 0 Å². The second-order valence-corrected chi connectivity index (χ2v) is 7.72. The molecule has 7 heteroatoms. The summed E-state index contributed by atoms with van der Waals surface area (Å²) < 4.78 is 0. The average Bonchev–Trinajstić information content (AvgIpc) is 2.65. The largest absolute Gasteiger partial charge is 0.364 e. The van der Waals surface area contributed by atoms with Crippen molar-refractivity contribution in [2.24, 2.45) is 11.7 Å². The molecule has 29 heavy (non-hydrogen) atoms. The van der Waals surface area contributed by atoms with E-state index in [9.17, 15) is 9.59 Å². The van der Waals surface area contributed by atoms with Crippen LogP contribution in [0.1, 0.15) is 68.0 Å². The van der Waals surface area contributed by atoms with E-state index in [1.807, 2.05) is 38.1 Å². The summed E-state index contributed by atoms with van der Waals surface area (Å²) in [7, 11) is 0. The van der Waals surface area contributed by atoms with Gasteiger partial charge in [0.05, 0.1) is 11.4 Å². The summed E-state index contributed by atoms with van der Waals surface area (Å²) in [6.45, 7) is 10.3. The molecule has 1 aromatic carbocycles. The number of nitrogens with zero attached hydrogens (tertiary/aromatic N) is 2. The van der Waals surface area contributed by atoms with E-state index in [0.29, 0.717) is 24.7 Å². The first-order valence-corrected chi connectivity index (χ1v) is 10.0. The van der Waals surface area contributed by atoms with Crippen LogP contribution < -0.4 is 16.4 Å². The van der Waals surface area contributed by atoms with E-state index in [4.69, 9.17) is 10.7 Å². The van der Waals surface area contributed by atoms with Crippen LogP contribution in [0.25, 0.3) is 0 Å². The quantitative estimate of drug-likeness (QED) is 0.601. The third-order valence-electron chi connectivity index (χ3n) is 4.60. The van der Waals surface area contributed by atoms with Gasteiger partial charge < -0.3 is 16.4 Å². The normalized spacial score (nSPS) is 11.9. The van der Waals surface area contributed by atoms with Crippen molar-refractivity contribution in [3.05, 3.63) is 46.9 Å². The predicted octanol–water partition coefficient (Wildman–Crippen LogP) is 3.32. The molecule has 156 valence electrons. The lowest BCUT2D eigenvalue weighted by molar-refractivity contribution is -0.119. The highest BCUT2D eigenvalue weighted by Gasteiger charge is 2.18. The molecule has 1 heterocycles. The van der Waals surface area contributed by atoms with Crippen LogP contribution in [0.15, 0.2) is 24.3 Å². The zero-order valence-corrected chi connectivity index (χ0v) is 17.9. The van der Waals surface area contributed by atoms with Gasteiger partial charge in [0.25, 0.3) is 5.91 Å². The molecule has 2 rings (SSSR count). The number of primary amides is 1. The summed E-state index contributed by atoms with van der Waals surface area (Å²) >= 11 is 0. The molecule has 2 aromatic rings. The standard InChI is InChI=1S/C22H31N5O2/c1-6-18-19(10-13(2)3)27-22(20(26-18)21(23)29)25-17-9-7-8-16(11-17)14(4)12-24-15(5)28/h7-9,11,13-14H,6,10,12H2,1-5H3,(H2,23,29)(H,24,28)(H,25,27)/t14-/m0/s1. The Morgan fingerprint density at radius 1 is 1.14 bits per heavy atom. The van der Waals surface area contributed by atoms with Crippen LogP contribution in [0, 0.1) is 5.92 Å². The Hall–Kier alpha value is -2.96. The lowest BCUT2D eigenvalue weighted by Crippen LogP contribution is -2.24. The Morgan fingerprint density at radius 2 is 1.86 bits per heavy atom. The van der Waals surface area contributed by atoms with E-state index >= 15 is 0 Å². The van der Waals surface area contributed by atoms with Gasteiger partial charge in [-0.3, -0.25) is 9.59 Å². The Kier molecular flexibility index (Phi) is 7.70. The van der Waals surface area contributed by atoms with Crippen LogP contribution >= 0.6 is 0 Å². The van der Waals surface area contributed by atoms with Crippen molar-refractivity contribution < 1.29 is 9.59 Å². The van der Waals surface area contributed by atoms with E-state index < -0.39 is 5.91 Å². The fraction of sp³-hybridized carbons (Fsp3) is 0.455. The summed E-state index contributed by atoms with van der Waals surface area (Å²) in [5.74, 6) is 0.264. The third-order valence-corrected chi connectivity index (χ3v) is 4.60. The number of benzene rings is 1. The summed E-state index contributed by atoms with van der Waals surface area (Å²) in [4.78, 5) is 32.3. The molecule has 0 unspecified atom stereocenters. The van der Waals surface area contributed by atoms with Gasteiger partial charge in [0.15, 0.2) is 11.5 Å². The fourth-order valence-electron chi connectivity index (χ4n) is 3.07. The molecule has 0 spiro atoms. The Bertz CT molecular complexity index is 880. The first-order chi connectivity index (χ1) is 13.7. The summed E-state index contributed by atoms with van der Waals surface area (Å²) in [6.07, 6.45) is 1.46. The highest BCUT2D eigenvalue weighted by atomic mass is 16.1. The van der Waals surface area contributed by atoms with Crippen LogP contribution in [0.3, 0.4) is 0 Å². The Labute approximate surface area is 172 Å². The molecule has 0 saturated heterocycles. The monoisotopic (exact) mass is 397 g/mol. The number of aryl methyl sites for hydroxylation is 1. The molecule has 2 amide bonds. The minimum absolute atomic E-state index is 0.0544. The van der Waals surface area contributed by atoms with E-state index in [-0.39, 0.29) is 17.5 Å². The van der Waals surface area contributed by atoms with Crippen molar-refractivity contribution in [2.45, 2.75) is 53.4 Å². The number of hydrogen-bond acceptors (Lipinski definition) is 5. The smallest absolute Gasteiger partial charge is 0.271 e. The van der Waals surface area contributed by atoms with Gasteiger partial charge in [0.1, 0.15) is 0 Å². The van der Waals surface area contributed by atoms with E-state index in [1.54, 1.807) is 0 Å². The molecule has 0 fully saturated rings. The molecule has 0 bridgehead atoms. The van der Waals surface area contributed by atoms with Crippen molar-refractivity contribution in [2.75, 3.05) is 11.9 Å². The topological polar surface area (TPSA) is 110 Å². The third kappa shape index (κ3) is 6.27. The number of hydrogen-bond donors (Lipinski definition) is 3. The SMILES string of the molecule is CCc1nc(C(N)=O)c(Nc2cccc([C@@H](C)CNC(C)=O)c2)nc1CC(C)C. The van der Waals surface area contributed by atoms with Crippen molar-refractivity contribution in [3.63, 3.8) is 0 Å². The maximum atomic E-state index is 12.0. The molecule has 0 aliphatic rings. The zero-order valence-electron chi connectivity index (χ0n) is 17.9. The van der Waals surface area contributed by atoms with Gasteiger partial charge >= 0.3 is 0 Å². The molecule has 7 nitrogen and oxygen atoms in total. The van der Waals surface area contributed by atoms with Crippen molar-refractivity contribution >= 4 is 23.3 Å². The van der Waals surface area contributed by atoms with Crippen LogP contribution in [-0.2, 0) is 17.6 Å². The second kappa shape index (κ2) is 10.0. The number of nitrogens with one attached hydrogen (secondary N) is 2. The maximum Gasteiger partial charge on any atom is 0.271 e. The van der Waals surface area contributed by atoms with E-state index in [1.165, 1.54) is 6.92 Å². The fourth-order valence-corrected chi connectivity index (χ4v) is 3.07. The van der Waals surface area contributed by atoms with Crippen molar-refractivity contribution in [1.82, 2.24) is 15.3 Å². The lowest BCUT2D eigenvalue weighted by atomic mass is 10.0. The first kappa shape index (κ1) is 22.3. The molecule has 0 saturated carbocycles. The van der Waals surface area contributed by atoms with Gasteiger partial charge in [-0.25, -0.2) is 9.97 Å². The van der Waals surface area contributed by atoms with Gasteiger partial charge in [0, 0.05) is 19.2 Å². The van der Waals surface area contributed by atoms with Gasteiger partial charge in [0.2, 0.25) is 5.91 Å². The molecule has 0 aliphatic heterocycles. The molecule has 1 aromatic heterocycles. The van der Waals surface area contributed by atoms with Gasteiger partial charge in [-0.15, -0.1) is 0 Å². The van der Waals surface area contributed by atoms with Crippen LogP contribution in [0.4, 0.5) is 11.5 Å². The number of aromatic nitrogens is 2. The van der Waals surface area contributed by atoms with Crippen molar-refractivity contribution in [1.29, 1.82) is 0 Å². The molecule has 0 radical (unpaired) electrons. The Morgan fingerprint density at radius 3 is 2.45 bits per heavy atom. The summed E-state index contributed by atoms with van der Waals surface area (Å²) in [6, 6.07) is 7.81. The average molecular weight is 398 g/mol. The minimum atomic E-state index is -0.610. The van der Waals surface area contributed by atoms with E-state index in [2.05, 4.69) is 29.5 Å². The number of carbonyl (C=O) groups is 2. The number of amides is 2. The molecule has 1 atom stereocenters. The molecular weight excluding hydrogens is 366 g/mol. The maximum absolute atomic E-state index is 12.0. The van der Waals surface area contributed by atoms with E-state index in [0.717, 1.165) is 29.1 Å². The number of rotatable bonds is 9. The van der Waals surface area contributed by atoms with Crippen LogP contribution in [-0.4, -0.2) is 28.3 Å². The highest BCUT2D eigenvalue weighted by molar-refractivity contribution is 5.96. The van der Waals surface area contributed by atoms with Crippen LogP contribution in [0.5, 0.6) is 0 Å². The second-order valence-electron chi connectivity index (χ2n) is 7.72. The number of anilines is 2. The van der Waals surface area contributed by atoms with Crippen LogP contribution in [0.2, 0.25) is 0 Å². The predicted molar refractivity (Wildman–Crippen MR) is 115 cm³/mol. The zero-order chi connectivity index (χ0) is 21.6. The number of nitrogens with two attached hydrogens (primary N) is 1. The summed E-state index contributed by atoms with van der Waals surface area (Å²) in [5.41, 5.74) is 9.24. The first-order valence-electron chi connectivity index (χ1n) is 10.0. The highest BCUT2D eigenvalue weighted by Crippen LogP contribution is 2.24.